The number of hydrogen-bond donors (Lipinski definition) is 1. The van der Waals surface area contributed by atoms with Gasteiger partial charge in [0.2, 0.25) is 0 Å². The second-order valence-corrected chi connectivity index (χ2v) is 6.13. The van der Waals surface area contributed by atoms with Gasteiger partial charge in [-0.2, -0.15) is 0 Å². The van der Waals surface area contributed by atoms with Crippen LogP contribution in [0.2, 0.25) is 0 Å². The predicted molar refractivity (Wildman–Crippen MR) is 99.2 cm³/mol. The van der Waals surface area contributed by atoms with Crippen LogP contribution in [-0.4, -0.2) is 6.61 Å². The Kier molecular flexibility index (Phi) is 7.51. The SMILES string of the molecule is CCCCCCCOc1ccc(CNc2cccc(C)c2)cc1. The molecule has 0 aliphatic rings. The van der Waals surface area contributed by atoms with Crippen LogP contribution in [-0.2, 0) is 6.54 Å². The van der Waals surface area contributed by atoms with Gasteiger partial charge in [0, 0.05) is 12.2 Å². The molecule has 0 saturated heterocycles. The molecule has 2 heteroatoms. The summed E-state index contributed by atoms with van der Waals surface area (Å²) in [5.74, 6) is 0.972. The number of benzene rings is 2. The van der Waals surface area contributed by atoms with Crippen LogP contribution < -0.4 is 10.1 Å². The van der Waals surface area contributed by atoms with Gasteiger partial charge in [-0.15, -0.1) is 0 Å². The largest absolute Gasteiger partial charge is 0.494 e. The Morgan fingerprint density at radius 2 is 1.70 bits per heavy atom. The minimum atomic E-state index is 0.824. The average Bonchev–Trinajstić information content (AvgIpc) is 2.57. The minimum Gasteiger partial charge on any atom is -0.494 e. The highest BCUT2D eigenvalue weighted by atomic mass is 16.5. The van der Waals surface area contributed by atoms with Crippen molar-refractivity contribution in [1.82, 2.24) is 0 Å². The van der Waals surface area contributed by atoms with Crippen molar-refractivity contribution >= 4 is 5.69 Å². The molecule has 1 N–H and O–H groups in total. The fourth-order valence-corrected chi connectivity index (χ4v) is 2.56. The topological polar surface area (TPSA) is 21.3 Å². The van der Waals surface area contributed by atoms with Crippen LogP contribution in [0.1, 0.15) is 50.2 Å². The van der Waals surface area contributed by atoms with Gasteiger partial charge < -0.3 is 10.1 Å². The molecule has 0 amide bonds. The molecule has 23 heavy (non-hydrogen) atoms. The summed E-state index contributed by atoms with van der Waals surface area (Å²) in [6.45, 7) is 6.01. The normalized spacial score (nSPS) is 10.5. The summed E-state index contributed by atoms with van der Waals surface area (Å²) in [5.41, 5.74) is 3.71. The van der Waals surface area contributed by atoms with Gasteiger partial charge in [0.25, 0.3) is 0 Å². The van der Waals surface area contributed by atoms with Gasteiger partial charge in [-0.25, -0.2) is 0 Å². The van der Waals surface area contributed by atoms with E-state index >= 15 is 0 Å². The van der Waals surface area contributed by atoms with Crippen molar-refractivity contribution < 1.29 is 4.74 Å². The lowest BCUT2D eigenvalue weighted by atomic mass is 10.2. The summed E-state index contributed by atoms with van der Waals surface area (Å²) in [6, 6.07) is 16.9. The molecule has 0 aromatic heterocycles. The van der Waals surface area contributed by atoms with E-state index < -0.39 is 0 Å². The molecule has 0 fully saturated rings. The van der Waals surface area contributed by atoms with E-state index in [1.807, 2.05) is 0 Å². The van der Waals surface area contributed by atoms with E-state index in [-0.39, 0.29) is 0 Å². The maximum atomic E-state index is 5.80. The number of unbranched alkanes of at least 4 members (excludes halogenated alkanes) is 4. The van der Waals surface area contributed by atoms with Crippen molar-refractivity contribution in [3.8, 4) is 5.75 Å². The minimum absolute atomic E-state index is 0.824. The Bertz CT molecular complexity index is 562. The number of aryl methyl sites for hydroxylation is 1. The van der Waals surface area contributed by atoms with Gasteiger partial charge in [0.05, 0.1) is 6.61 Å². The molecule has 0 atom stereocenters. The molecule has 2 aromatic carbocycles. The Balaban J connectivity index is 1.70. The number of ether oxygens (including phenoxy) is 1. The van der Waals surface area contributed by atoms with E-state index in [0.29, 0.717) is 0 Å². The molecule has 0 saturated carbocycles. The zero-order valence-corrected chi connectivity index (χ0v) is 14.5. The molecule has 124 valence electrons. The Labute approximate surface area is 140 Å². The second kappa shape index (κ2) is 9.94. The summed E-state index contributed by atoms with van der Waals surface area (Å²) >= 11 is 0. The number of nitrogens with one attached hydrogen (secondary N) is 1. The van der Waals surface area contributed by atoms with E-state index in [4.69, 9.17) is 4.74 Å². The van der Waals surface area contributed by atoms with Gasteiger partial charge in [-0.1, -0.05) is 56.9 Å². The molecule has 0 aliphatic heterocycles. The quantitative estimate of drug-likeness (QED) is 0.547. The van der Waals surface area contributed by atoms with Crippen LogP contribution in [0.5, 0.6) is 5.75 Å². The Morgan fingerprint density at radius 3 is 2.43 bits per heavy atom. The van der Waals surface area contributed by atoms with Crippen LogP contribution in [0.3, 0.4) is 0 Å². The van der Waals surface area contributed by atoms with Crippen LogP contribution >= 0.6 is 0 Å². The lowest BCUT2D eigenvalue weighted by Gasteiger charge is -2.09. The first-order valence-corrected chi connectivity index (χ1v) is 8.80. The summed E-state index contributed by atoms with van der Waals surface area (Å²) in [7, 11) is 0. The Hall–Kier alpha value is -1.96. The summed E-state index contributed by atoms with van der Waals surface area (Å²) in [4.78, 5) is 0. The lowest BCUT2D eigenvalue weighted by Crippen LogP contribution is -2.00. The first-order chi connectivity index (χ1) is 11.3. The van der Waals surface area contributed by atoms with Crippen LogP contribution in [0.4, 0.5) is 5.69 Å². The third-order valence-electron chi connectivity index (χ3n) is 3.95. The van der Waals surface area contributed by atoms with E-state index in [1.165, 1.54) is 36.8 Å². The molecular formula is C21H29NO. The molecule has 0 bridgehead atoms. The van der Waals surface area contributed by atoms with Gasteiger partial charge in [0.15, 0.2) is 0 Å². The van der Waals surface area contributed by atoms with Crippen molar-refractivity contribution in [3.05, 3.63) is 59.7 Å². The molecule has 0 aliphatic carbocycles. The third-order valence-corrected chi connectivity index (χ3v) is 3.95. The zero-order valence-electron chi connectivity index (χ0n) is 14.5. The third kappa shape index (κ3) is 6.77. The van der Waals surface area contributed by atoms with Gasteiger partial charge in [-0.05, 0) is 48.7 Å². The number of anilines is 1. The molecule has 2 aromatic rings. The maximum Gasteiger partial charge on any atom is 0.119 e. The van der Waals surface area contributed by atoms with Crippen molar-refractivity contribution in [1.29, 1.82) is 0 Å². The van der Waals surface area contributed by atoms with E-state index in [2.05, 4.69) is 67.7 Å². The average molecular weight is 311 g/mol. The van der Waals surface area contributed by atoms with Crippen LogP contribution in [0, 0.1) is 6.92 Å². The maximum absolute atomic E-state index is 5.80. The van der Waals surface area contributed by atoms with Gasteiger partial charge >= 0.3 is 0 Å². The van der Waals surface area contributed by atoms with Crippen molar-refractivity contribution in [2.75, 3.05) is 11.9 Å². The smallest absolute Gasteiger partial charge is 0.119 e. The molecule has 0 heterocycles. The first kappa shape index (κ1) is 17.4. The fraction of sp³-hybridized carbons (Fsp3) is 0.429. The monoisotopic (exact) mass is 311 g/mol. The lowest BCUT2D eigenvalue weighted by molar-refractivity contribution is 0.304. The standard InChI is InChI=1S/C21H29NO/c1-3-4-5-6-7-15-23-21-13-11-19(12-14-21)17-22-20-10-8-9-18(2)16-20/h8-14,16,22H,3-7,15,17H2,1-2H3. The number of hydrogen-bond acceptors (Lipinski definition) is 2. The van der Waals surface area contributed by atoms with E-state index in [9.17, 15) is 0 Å². The van der Waals surface area contributed by atoms with Crippen LogP contribution in [0.25, 0.3) is 0 Å². The van der Waals surface area contributed by atoms with Crippen molar-refractivity contribution in [2.45, 2.75) is 52.5 Å². The second-order valence-electron chi connectivity index (χ2n) is 6.13. The molecular weight excluding hydrogens is 282 g/mol. The molecule has 0 radical (unpaired) electrons. The fourth-order valence-electron chi connectivity index (χ4n) is 2.56. The summed E-state index contributed by atoms with van der Waals surface area (Å²) in [5, 5.41) is 3.45. The molecule has 0 spiro atoms. The van der Waals surface area contributed by atoms with Crippen molar-refractivity contribution in [3.63, 3.8) is 0 Å². The first-order valence-electron chi connectivity index (χ1n) is 8.80. The molecule has 2 rings (SSSR count). The highest BCUT2D eigenvalue weighted by molar-refractivity contribution is 5.46. The predicted octanol–water partition coefficient (Wildman–Crippen LogP) is 5.96. The molecule has 2 nitrogen and oxygen atoms in total. The van der Waals surface area contributed by atoms with Gasteiger partial charge in [-0.3, -0.25) is 0 Å². The van der Waals surface area contributed by atoms with E-state index in [0.717, 1.165) is 31.0 Å². The van der Waals surface area contributed by atoms with Crippen LogP contribution in [0.15, 0.2) is 48.5 Å². The van der Waals surface area contributed by atoms with E-state index in [1.54, 1.807) is 0 Å². The number of rotatable bonds is 10. The zero-order chi connectivity index (χ0) is 16.3. The Morgan fingerprint density at radius 1 is 0.913 bits per heavy atom. The highest BCUT2D eigenvalue weighted by Gasteiger charge is 1.97. The highest BCUT2D eigenvalue weighted by Crippen LogP contribution is 2.15. The van der Waals surface area contributed by atoms with Crippen molar-refractivity contribution in [2.24, 2.45) is 0 Å². The van der Waals surface area contributed by atoms with Gasteiger partial charge in [0.1, 0.15) is 5.75 Å². The summed E-state index contributed by atoms with van der Waals surface area (Å²) < 4.78 is 5.80. The summed E-state index contributed by atoms with van der Waals surface area (Å²) in [6.07, 6.45) is 6.37. The molecule has 0 unspecified atom stereocenters.